The Morgan fingerprint density at radius 3 is 2.59 bits per heavy atom. The van der Waals surface area contributed by atoms with E-state index in [9.17, 15) is 13.2 Å². The maximum absolute atomic E-state index is 12.4. The van der Waals surface area contributed by atoms with E-state index in [4.69, 9.17) is 4.74 Å². The first-order valence-electron chi connectivity index (χ1n) is 8.48. The number of carbonyl (C=O) groups excluding carboxylic acids is 1. The summed E-state index contributed by atoms with van der Waals surface area (Å²) in [5.41, 5.74) is 2.63. The van der Waals surface area contributed by atoms with Gasteiger partial charge in [0, 0.05) is 6.54 Å². The fourth-order valence-electron chi connectivity index (χ4n) is 2.79. The van der Waals surface area contributed by atoms with Crippen LogP contribution in [0.25, 0.3) is 5.57 Å². The van der Waals surface area contributed by atoms with Gasteiger partial charge in [0.1, 0.15) is 5.75 Å². The van der Waals surface area contributed by atoms with Gasteiger partial charge in [-0.05, 0) is 43.2 Å². The van der Waals surface area contributed by atoms with Crippen LogP contribution in [0.4, 0.5) is 10.5 Å². The minimum absolute atomic E-state index is 0.386. The number of hydrogen-bond acceptors (Lipinski definition) is 5. The van der Waals surface area contributed by atoms with E-state index < -0.39 is 16.1 Å². The zero-order valence-corrected chi connectivity index (χ0v) is 16.0. The summed E-state index contributed by atoms with van der Waals surface area (Å²) in [6.45, 7) is 2.70. The molecule has 1 aromatic heterocycles. The number of para-hydroxylation sites is 1. The molecule has 1 aliphatic rings. The smallest absolute Gasteiger partial charge is 0.410 e. The second-order valence-electron chi connectivity index (χ2n) is 6.32. The summed E-state index contributed by atoms with van der Waals surface area (Å²) >= 11 is 0. The molecule has 0 saturated heterocycles. The molecule has 2 heterocycles. The molecule has 7 nitrogen and oxygen atoms in total. The van der Waals surface area contributed by atoms with Gasteiger partial charge < -0.3 is 9.64 Å². The van der Waals surface area contributed by atoms with E-state index in [-0.39, 0.29) is 0 Å². The fraction of sp³-hybridized carbons (Fsp3) is 0.263. The van der Waals surface area contributed by atoms with E-state index in [1.807, 2.05) is 24.3 Å². The molecule has 0 radical (unpaired) electrons. The van der Waals surface area contributed by atoms with Crippen LogP contribution in [-0.2, 0) is 10.0 Å². The van der Waals surface area contributed by atoms with Crippen molar-refractivity contribution in [3.8, 4) is 5.75 Å². The Hall–Kier alpha value is -2.87. The van der Waals surface area contributed by atoms with Crippen molar-refractivity contribution in [2.45, 2.75) is 13.3 Å². The number of sulfonamides is 1. The Morgan fingerprint density at radius 2 is 1.93 bits per heavy atom. The average molecular weight is 387 g/mol. The third-order valence-electron chi connectivity index (χ3n) is 4.07. The maximum atomic E-state index is 12.4. The predicted octanol–water partition coefficient (Wildman–Crippen LogP) is 3.05. The first-order chi connectivity index (χ1) is 12.8. The molecule has 0 aliphatic carbocycles. The number of carbonyl (C=O) groups is 1. The quantitative estimate of drug-likeness (QED) is 0.871. The van der Waals surface area contributed by atoms with Gasteiger partial charge in [0.2, 0.25) is 10.0 Å². The lowest BCUT2D eigenvalue weighted by Gasteiger charge is -2.26. The molecule has 1 aromatic carbocycles. The van der Waals surface area contributed by atoms with E-state index in [1.54, 1.807) is 36.1 Å². The molecule has 27 heavy (non-hydrogen) atoms. The maximum Gasteiger partial charge on any atom is 0.415 e. The molecule has 1 aliphatic heterocycles. The number of nitrogens with one attached hydrogen (secondary N) is 1. The van der Waals surface area contributed by atoms with Crippen molar-refractivity contribution in [2.24, 2.45) is 0 Å². The third-order valence-corrected chi connectivity index (χ3v) is 4.66. The normalized spacial score (nSPS) is 14.4. The number of pyridine rings is 1. The molecule has 8 heteroatoms. The number of amides is 1. The number of hydrogen-bond donors (Lipinski definition) is 1. The molecule has 0 fully saturated rings. The number of aromatic nitrogens is 1. The van der Waals surface area contributed by atoms with Gasteiger partial charge in [-0.25, -0.2) is 13.2 Å². The van der Waals surface area contributed by atoms with Crippen LogP contribution in [-0.4, -0.2) is 43.7 Å². The van der Waals surface area contributed by atoms with E-state index in [2.05, 4.69) is 9.71 Å². The predicted molar refractivity (Wildman–Crippen MR) is 104 cm³/mol. The number of anilines is 1. The molecule has 1 N–H and O–H groups in total. The first-order valence-corrected chi connectivity index (χ1v) is 10.4. The largest absolute Gasteiger partial charge is 0.415 e. The lowest BCUT2D eigenvalue weighted by atomic mass is 10.1. The summed E-state index contributed by atoms with van der Waals surface area (Å²) in [6.07, 6.45) is 3.43. The van der Waals surface area contributed by atoms with Crippen LogP contribution in [0.3, 0.4) is 0 Å². The molecule has 3 rings (SSSR count). The Balaban J connectivity index is 1.71. The molecule has 0 atom stereocenters. The van der Waals surface area contributed by atoms with Crippen molar-refractivity contribution >= 4 is 27.4 Å². The van der Waals surface area contributed by atoms with Gasteiger partial charge in [-0.1, -0.05) is 24.3 Å². The Bertz CT molecular complexity index is 972. The van der Waals surface area contributed by atoms with Crippen molar-refractivity contribution in [3.05, 3.63) is 59.9 Å². The summed E-state index contributed by atoms with van der Waals surface area (Å²) in [7, 11) is -3.36. The Kier molecular flexibility index (Phi) is 5.46. The van der Waals surface area contributed by atoms with Gasteiger partial charge >= 0.3 is 6.09 Å². The molecule has 0 unspecified atom stereocenters. The third kappa shape index (κ3) is 5.07. The van der Waals surface area contributed by atoms with Crippen LogP contribution in [0.1, 0.15) is 17.8 Å². The summed E-state index contributed by atoms with van der Waals surface area (Å²) in [5, 5.41) is 0. The highest BCUT2D eigenvalue weighted by Gasteiger charge is 2.22. The number of aryl methyl sites for hydroxylation is 1. The van der Waals surface area contributed by atoms with Crippen LogP contribution in [0.2, 0.25) is 0 Å². The second-order valence-corrected chi connectivity index (χ2v) is 8.07. The number of benzene rings is 1. The SMILES string of the molecule is Cc1nc(C2=CCCN(C(=O)Oc3ccccc3)C2)ccc1NS(C)(=O)=O. The monoisotopic (exact) mass is 387 g/mol. The van der Waals surface area contributed by atoms with Crippen molar-refractivity contribution < 1.29 is 17.9 Å². The Labute approximate surface area is 158 Å². The zero-order valence-electron chi connectivity index (χ0n) is 15.2. The lowest BCUT2D eigenvalue weighted by Crippen LogP contribution is -2.37. The van der Waals surface area contributed by atoms with E-state index in [0.29, 0.717) is 42.3 Å². The van der Waals surface area contributed by atoms with Crippen molar-refractivity contribution in [1.29, 1.82) is 0 Å². The molecular formula is C19H21N3O4S. The van der Waals surface area contributed by atoms with Crippen LogP contribution in [0.15, 0.2) is 48.5 Å². The van der Waals surface area contributed by atoms with E-state index in [0.717, 1.165) is 11.8 Å². The molecular weight excluding hydrogens is 366 g/mol. The topological polar surface area (TPSA) is 88.6 Å². The van der Waals surface area contributed by atoms with Crippen LogP contribution >= 0.6 is 0 Å². The minimum atomic E-state index is -3.36. The molecule has 0 saturated carbocycles. The van der Waals surface area contributed by atoms with Gasteiger partial charge in [-0.2, -0.15) is 0 Å². The van der Waals surface area contributed by atoms with Crippen molar-refractivity contribution in [3.63, 3.8) is 0 Å². The van der Waals surface area contributed by atoms with E-state index >= 15 is 0 Å². The fourth-order valence-corrected chi connectivity index (χ4v) is 3.40. The lowest BCUT2D eigenvalue weighted by molar-refractivity contribution is 0.157. The average Bonchev–Trinajstić information content (AvgIpc) is 2.63. The molecule has 1 amide bonds. The standard InChI is InChI=1S/C19H21N3O4S/c1-14-17(21-27(2,24)25)10-11-18(20-14)15-7-6-12-22(13-15)19(23)26-16-8-4-3-5-9-16/h3-5,7-11,21H,6,12-13H2,1-2H3. The summed E-state index contributed by atoms with van der Waals surface area (Å²) in [5.74, 6) is 0.503. The second kappa shape index (κ2) is 7.79. The van der Waals surface area contributed by atoms with Gasteiger partial charge in [-0.3, -0.25) is 9.71 Å². The van der Waals surface area contributed by atoms with E-state index in [1.165, 1.54) is 0 Å². The van der Waals surface area contributed by atoms with Crippen LogP contribution in [0, 0.1) is 6.92 Å². The molecule has 0 bridgehead atoms. The molecule has 2 aromatic rings. The zero-order chi connectivity index (χ0) is 19.4. The summed E-state index contributed by atoms with van der Waals surface area (Å²) in [4.78, 5) is 18.5. The highest BCUT2D eigenvalue weighted by molar-refractivity contribution is 7.92. The van der Waals surface area contributed by atoms with Gasteiger partial charge in [0.25, 0.3) is 0 Å². The highest BCUT2D eigenvalue weighted by atomic mass is 32.2. The summed E-state index contributed by atoms with van der Waals surface area (Å²) < 4.78 is 30.6. The number of ether oxygens (including phenoxy) is 1. The van der Waals surface area contributed by atoms with Crippen LogP contribution < -0.4 is 9.46 Å². The summed E-state index contributed by atoms with van der Waals surface area (Å²) in [6, 6.07) is 12.4. The molecule has 142 valence electrons. The number of nitrogens with zero attached hydrogens (tertiary/aromatic N) is 2. The van der Waals surface area contributed by atoms with Gasteiger partial charge in [-0.15, -0.1) is 0 Å². The minimum Gasteiger partial charge on any atom is -0.410 e. The van der Waals surface area contributed by atoms with Gasteiger partial charge in [0.15, 0.2) is 0 Å². The highest BCUT2D eigenvalue weighted by Crippen LogP contribution is 2.23. The van der Waals surface area contributed by atoms with Crippen LogP contribution in [0.5, 0.6) is 5.75 Å². The van der Waals surface area contributed by atoms with Crippen molar-refractivity contribution in [1.82, 2.24) is 9.88 Å². The number of rotatable bonds is 4. The van der Waals surface area contributed by atoms with Crippen molar-refractivity contribution in [2.75, 3.05) is 24.1 Å². The Morgan fingerprint density at radius 1 is 1.19 bits per heavy atom. The molecule has 0 spiro atoms. The first kappa shape index (κ1) is 18.9. The van der Waals surface area contributed by atoms with Gasteiger partial charge in [0.05, 0.1) is 29.9 Å².